The molecule has 0 rings (SSSR count). The van der Waals surface area contributed by atoms with Gasteiger partial charge in [-0.3, -0.25) is 0 Å². The minimum absolute atomic E-state index is 0. The van der Waals surface area contributed by atoms with Crippen LogP contribution in [0.4, 0.5) is 0 Å². The van der Waals surface area contributed by atoms with Gasteiger partial charge in [-0.2, -0.15) is 0 Å². The SMILES string of the molecule is C/C(=C\CCCCCCC(=O)[O-])CC/C(C)=C/CCCCCCC(=O)[O-].[K+].[K+]. The second-order valence-corrected chi connectivity index (χ2v) is 7.25. The van der Waals surface area contributed by atoms with Gasteiger partial charge in [0.15, 0.2) is 0 Å². The third-order valence-electron chi connectivity index (χ3n) is 4.57. The Labute approximate surface area is 257 Å². The topological polar surface area (TPSA) is 80.3 Å². The van der Waals surface area contributed by atoms with E-state index in [1.54, 1.807) is 0 Å². The molecular formula is C22H36K2O4. The van der Waals surface area contributed by atoms with Crippen LogP contribution in [-0.4, -0.2) is 11.9 Å². The average Bonchev–Trinajstić information content (AvgIpc) is 2.57. The van der Waals surface area contributed by atoms with Crippen LogP contribution in [0.25, 0.3) is 0 Å². The minimum Gasteiger partial charge on any atom is -0.550 e. The number of carboxylic acids is 2. The van der Waals surface area contributed by atoms with Crippen LogP contribution in [-0.2, 0) is 9.59 Å². The second kappa shape index (κ2) is 25.0. The Hall–Kier alpha value is 1.69. The molecule has 0 fully saturated rings. The predicted octanol–water partition coefficient (Wildman–Crippen LogP) is -2.15. The molecule has 28 heavy (non-hydrogen) atoms. The summed E-state index contributed by atoms with van der Waals surface area (Å²) in [5.74, 6) is -1.89. The van der Waals surface area contributed by atoms with Crippen molar-refractivity contribution in [3.63, 3.8) is 0 Å². The molecule has 0 aliphatic rings. The molecule has 0 spiro atoms. The van der Waals surface area contributed by atoms with Gasteiger partial charge in [-0.1, -0.05) is 49.0 Å². The molecule has 0 aromatic rings. The first-order valence-electron chi connectivity index (χ1n) is 10.1. The molecule has 0 bridgehead atoms. The summed E-state index contributed by atoms with van der Waals surface area (Å²) in [6, 6.07) is 0. The van der Waals surface area contributed by atoms with Crippen molar-refractivity contribution in [3.8, 4) is 0 Å². The number of rotatable bonds is 17. The van der Waals surface area contributed by atoms with E-state index in [2.05, 4.69) is 26.0 Å². The summed E-state index contributed by atoms with van der Waals surface area (Å²) in [6.45, 7) is 4.36. The Morgan fingerprint density at radius 1 is 0.571 bits per heavy atom. The van der Waals surface area contributed by atoms with Crippen LogP contribution in [0, 0.1) is 0 Å². The van der Waals surface area contributed by atoms with E-state index in [9.17, 15) is 19.8 Å². The first kappa shape index (κ1) is 34.3. The van der Waals surface area contributed by atoms with Crippen molar-refractivity contribution < 1.29 is 123 Å². The van der Waals surface area contributed by atoms with E-state index in [0.717, 1.165) is 77.0 Å². The molecule has 0 aromatic carbocycles. The fourth-order valence-corrected chi connectivity index (χ4v) is 2.83. The third-order valence-corrected chi connectivity index (χ3v) is 4.57. The number of allylic oxidation sites excluding steroid dienone is 4. The molecule has 0 aliphatic carbocycles. The summed E-state index contributed by atoms with van der Waals surface area (Å²) in [6.07, 6.45) is 17.1. The molecule has 0 aromatic heterocycles. The number of carbonyl (C=O) groups excluding carboxylic acids is 2. The minimum atomic E-state index is -0.945. The number of hydrogen-bond acceptors (Lipinski definition) is 4. The zero-order valence-corrected chi connectivity index (χ0v) is 24.9. The van der Waals surface area contributed by atoms with Gasteiger partial charge in [0, 0.05) is 11.9 Å². The Balaban J connectivity index is -0.00000312. The molecule has 0 unspecified atom stereocenters. The van der Waals surface area contributed by atoms with Crippen LogP contribution < -0.4 is 113 Å². The standard InChI is InChI=1S/C22H38O4.2K/c1-19(13-9-5-3-7-11-15-21(23)24)17-18-20(2)14-10-6-4-8-12-16-22(25)26;;/h13-14H,3-12,15-18H2,1-2H3,(H,23,24)(H,25,26);;/q;2*+1/p-2/b19-13+,20-14+;;. The Bertz CT molecular complexity index is 417. The number of carboxylic acid groups (broad SMARTS) is 2. The van der Waals surface area contributed by atoms with Gasteiger partial charge in [-0.25, -0.2) is 0 Å². The smallest absolute Gasteiger partial charge is 0.550 e. The average molecular weight is 443 g/mol. The monoisotopic (exact) mass is 442 g/mol. The largest absolute Gasteiger partial charge is 1.00 e. The van der Waals surface area contributed by atoms with Crippen LogP contribution in [0.15, 0.2) is 23.3 Å². The van der Waals surface area contributed by atoms with E-state index >= 15 is 0 Å². The molecule has 4 nitrogen and oxygen atoms in total. The first-order valence-corrected chi connectivity index (χ1v) is 10.1. The van der Waals surface area contributed by atoms with Crippen LogP contribution in [0.1, 0.15) is 104 Å². The van der Waals surface area contributed by atoms with Gasteiger partial charge in [-0.05, 0) is 78.1 Å². The molecule has 0 atom stereocenters. The predicted molar refractivity (Wildman–Crippen MR) is 102 cm³/mol. The van der Waals surface area contributed by atoms with E-state index in [1.165, 1.54) is 11.1 Å². The Kier molecular flexibility index (Phi) is 30.6. The van der Waals surface area contributed by atoms with Crippen molar-refractivity contribution in [1.29, 1.82) is 0 Å². The normalized spacial score (nSPS) is 11.5. The molecule has 0 amide bonds. The van der Waals surface area contributed by atoms with Crippen molar-refractivity contribution >= 4 is 11.9 Å². The van der Waals surface area contributed by atoms with Gasteiger partial charge in [0.1, 0.15) is 0 Å². The van der Waals surface area contributed by atoms with Gasteiger partial charge in [-0.15, -0.1) is 0 Å². The Morgan fingerprint density at radius 3 is 1.21 bits per heavy atom. The molecule has 0 saturated heterocycles. The summed E-state index contributed by atoms with van der Waals surface area (Å²) < 4.78 is 0. The van der Waals surface area contributed by atoms with Crippen LogP contribution in [0.5, 0.6) is 0 Å². The number of carbonyl (C=O) groups is 2. The van der Waals surface area contributed by atoms with Crippen molar-refractivity contribution in [2.45, 2.75) is 104 Å². The zero-order chi connectivity index (χ0) is 19.6. The van der Waals surface area contributed by atoms with Gasteiger partial charge in [0.25, 0.3) is 0 Å². The molecule has 0 radical (unpaired) electrons. The zero-order valence-electron chi connectivity index (χ0n) is 18.7. The van der Waals surface area contributed by atoms with E-state index in [4.69, 9.17) is 0 Å². The number of hydrogen-bond donors (Lipinski definition) is 0. The van der Waals surface area contributed by atoms with E-state index in [1.807, 2.05) is 0 Å². The van der Waals surface area contributed by atoms with Gasteiger partial charge in [0.2, 0.25) is 0 Å². The fourth-order valence-electron chi connectivity index (χ4n) is 2.83. The molecule has 0 heterocycles. The maximum absolute atomic E-state index is 10.3. The van der Waals surface area contributed by atoms with Crippen molar-refractivity contribution in [2.24, 2.45) is 0 Å². The van der Waals surface area contributed by atoms with Crippen molar-refractivity contribution in [1.82, 2.24) is 0 Å². The molecule has 0 aliphatic heterocycles. The van der Waals surface area contributed by atoms with Gasteiger partial charge < -0.3 is 19.8 Å². The van der Waals surface area contributed by atoms with Gasteiger partial charge >= 0.3 is 103 Å². The summed E-state index contributed by atoms with van der Waals surface area (Å²) >= 11 is 0. The maximum Gasteiger partial charge on any atom is 1.00 e. The van der Waals surface area contributed by atoms with Crippen molar-refractivity contribution in [3.05, 3.63) is 23.3 Å². The third kappa shape index (κ3) is 27.7. The first-order chi connectivity index (χ1) is 12.4. The maximum atomic E-state index is 10.3. The summed E-state index contributed by atoms with van der Waals surface area (Å²) in [7, 11) is 0. The van der Waals surface area contributed by atoms with Crippen LogP contribution in [0.2, 0.25) is 0 Å². The molecule has 6 heteroatoms. The summed E-state index contributed by atoms with van der Waals surface area (Å²) in [5.41, 5.74) is 2.85. The van der Waals surface area contributed by atoms with E-state index in [-0.39, 0.29) is 116 Å². The number of unbranched alkanes of at least 4 members (excludes halogenated alkanes) is 8. The van der Waals surface area contributed by atoms with Crippen LogP contribution in [0.3, 0.4) is 0 Å². The van der Waals surface area contributed by atoms with Crippen LogP contribution >= 0.6 is 0 Å². The second-order valence-electron chi connectivity index (χ2n) is 7.25. The van der Waals surface area contributed by atoms with Gasteiger partial charge in [0.05, 0.1) is 0 Å². The Morgan fingerprint density at radius 2 is 0.893 bits per heavy atom. The summed E-state index contributed by atoms with van der Waals surface area (Å²) in [4.78, 5) is 20.6. The van der Waals surface area contributed by atoms with Crippen molar-refractivity contribution in [2.75, 3.05) is 0 Å². The van der Waals surface area contributed by atoms with E-state index in [0.29, 0.717) is 0 Å². The molecular weight excluding hydrogens is 406 g/mol. The molecule has 150 valence electrons. The molecule has 0 saturated carbocycles. The quantitative estimate of drug-likeness (QED) is 0.146. The summed E-state index contributed by atoms with van der Waals surface area (Å²) in [5, 5.41) is 20.6. The number of aliphatic carboxylic acids is 2. The fraction of sp³-hybridized carbons (Fsp3) is 0.727. The molecule has 0 N–H and O–H groups in total. The van der Waals surface area contributed by atoms with E-state index < -0.39 is 11.9 Å².